The van der Waals surface area contributed by atoms with Crippen molar-refractivity contribution in [3.63, 3.8) is 0 Å². The molecule has 3 heterocycles. The van der Waals surface area contributed by atoms with E-state index in [0.29, 0.717) is 31.0 Å². The Hall–Kier alpha value is -2.71. The molecule has 1 N–H and O–H groups in total. The van der Waals surface area contributed by atoms with Gasteiger partial charge in [-0.2, -0.15) is 4.98 Å². The van der Waals surface area contributed by atoms with E-state index in [0.717, 1.165) is 36.7 Å². The van der Waals surface area contributed by atoms with Crippen molar-refractivity contribution in [3.8, 4) is 10.7 Å². The number of hydrogen-bond acceptors (Lipinski definition) is 7. The summed E-state index contributed by atoms with van der Waals surface area (Å²) in [5.41, 5.74) is 2.03. The lowest BCUT2D eigenvalue weighted by atomic mass is 10.2. The van der Waals surface area contributed by atoms with Gasteiger partial charge in [-0.05, 0) is 49.2 Å². The minimum atomic E-state index is -0.00431. The number of aryl methyl sites for hydroxylation is 1. The zero-order valence-electron chi connectivity index (χ0n) is 16.5. The number of likely N-dealkylation sites (N-methyl/N-ethyl adjacent to an activating group) is 1. The molecule has 1 aromatic carbocycles. The summed E-state index contributed by atoms with van der Waals surface area (Å²) >= 11 is 1.58. The Morgan fingerprint density at radius 3 is 2.69 bits per heavy atom. The van der Waals surface area contributed by atoms with Crippen LogP contribution in [0, 0.1) is 0 Å². The largest absolute Gasteiger partial charge is 0.369 e. The molecule has 0 saturated carbocycles. The normalized spacial score (nSPS) is 14.9. The molecule has 8 heteroatoms. The fraction of sp³-hybridized carbons (Fsp3) is 0.381. The van der Waals surface area contributed by atoms with Gasteiger partial charge in [0.05, 0.1) is 4.88 Å². The Morgan fingerprint density at radius 1 is 1.17 bits per heavy atom. The number of hydrogen-bond donors (Lipinski definition) is 1. The molecule has 4 rings (SSSR count). The van der Waals surface area contributed by atoms with E-state index in [1.165, 1.54) is 5.69 Å². The predicted molar refractivity (Wildman–Crippen MR) is 115 cm³/mol. The predicted octanol–water partition coefficient (Wildman–Crippen LogP) is 3.51. The monoisotopic (exact) mass is 411 g/mol. The lowest BCUT2D eigenvalue weighted by Crippen LogP contribution is -2.44. The van der Waals surface area contributed by atoms with Crippen molar-refractivity contribution in [1.29, 1.82) is 0 Å². The van der Waals surface area contributed by atoms with Crippen LogP contribution in [0.1, 0.15) is 18.7 Å². The number of amides is 1. The quantitative estimate of drug-likeness (QED) is 0.641. The zero-order chi connectivity index (χ0) is 20.1. The van der Waals surface area contributed by atoms with Gasteiger partial charge in [-0.15, -0.1) is 11.3 Å². The van der Waals surface area contributed by atoms with Crippen LogP contribution in [0.5, 0.6) is 0 Å². The van der Waals surface area contributed by atoms with E-state index in [-0.39, 0.29) is 5.91 Å². The van der Waals surface area contributed by atoms with E-state index in [4.69, 9.17) is 4.52 Å². The van der Waals surface area contributed by atoms with Crippen LogP contribution in [0.3, 0.4) is 0 Å². The maximum Gasteiger partial charge on any atom is 0.226 e. The van der Waals surface area contributed by atoms with Crippen molar-refractivity contribution in [3.05, 3.63) is 47.7 Å². The van der Waals surface area contributed by atoms with Crippen LogP contribution < -0.4 is 10.2 Å². The standard InChI is InChI=1S/C21H25N5O2S/c1-25-11-13-26(14-12-25)17-9-7-16(8-10-17)22-19(27)5-2-6-20-23-21(24-28-20)18-4-3-15-29-18/h3-4,7-10,15H,2,5-6,11-14H2,1H3,(H,22,27). The summed E-state index contributed by atoms with van der Waals surface area (Å²) in [5, 5.41) is 8.93. The Bertz CT molecular complexity index is 915. The van der Waals surface area contributed by atoms with Crippen molar-refractivity contribution in [2.24, 2.45) is 0 Å². The molecular formula is C21H25N5O2S. The van der Waals surface area contributed by atoms with Gasteiger partial charge in [-0.3, -0.25) is 4.79 Å². The van der Waals surface area contributed by atoms with E-state index in [1.807, 2.05) is 29.6 Å². The second kappa shape index (κ2) is 9.19. The number of piperazine rings is 1. The van der Waals surface area contributed by atoms with Gasteiger partial charge in [-0.1, -0.05) is 11.2 Å². The van der Waals surface area contributed by atoms with E-state index in [1.54, 1.807) is 11.3 Å². The van der Waals surface area contributed by atoms with Crippen LogP contribution in [-0.2, 0) is 11.2 Å². The third kappa shape index (κ3) is 5.21. The van der Waals surface area contributed by atoms with Gasteiger partial charge in [-0.25, -0.2) is 0 Å². The summed E-state index contributed by atoms with van der Waals surface area (Å²) in [7, 11) is 2.15. The molecule has 0 aliphatic carbocycles. The molecule has 1 aliphatic rings. The van der Waals surface area contributed by atoms with Gasteiger partial charge >= 0.3 is 0 Å². The van der Waals surface area contributed by atoms with Crippen molar-refractivity contribution in [2.45, 2.75) is 19.3 Å². The summed E-state index contributed by atoms with van der Waals surface area (Å²) in [4.78, 5) is 22.3. The molecule has 0 radical (unpaired) electrons. The number of rotatable bonds is 7. The third-order valence-electron chi connectivity index (χ3n) is 5.02. The van der Waals surface area contributed by atoms with Crippen molar-refractivity contribution in [1.82, 2.24) is 15.0 Å². The second-order valence-electron chi connectivity index (χ2n) is 7.23. The van der Waals surface area contributed by atoms with Crippen LogP contribution in [0.2, 0.25) is 0 Å². The van der Waals surface area contributed by atoms with Crippen molar-refractivity contribution < 1.29 is 9.32 Å². The average molecular weight is 412 g/mol. The number of aromatic nitrogens is 2. The molecule has 2 aromatic heterocycles. The van der Waals surface area contributed by atoms with Gasteiger partial charge in [0.15, 0.2) is 0 Å². The van der Waals surface area contributed by atoms with Crippen molar-refractivity contribution >= 4 is 28.6 Å². The summed E-state index contributed by atoms with van der Waals surface area (Å²) in [6.07, 6.45) is 1.67. The molecule has 0 atom stereocenters. The first-order valence-electron chi connectivity index (χ1n) is 9.87. The van der Waals surface area contributed by atoms with E-state index in [2.05, 4.69) is 44.4 Å². The third-order valence-corrected chi connectivity index (χ3v) is 5.89. The number of nitrogens with one attached hydrogen (secondary N) is 1. The number of carbonyl (C=O) groups excluding carboxylic acids is 1. The SMILES string of the molecule is CN1CCN(c2ccc(NC(=O)CCCc3nc(-c4cccs4)no3)cc2)CC1. The Balaban J connectivity index is 1.21. The summed E-state index contributed by atoms with van der Waals surface area (Å²) in [5.74, 6) is 1.17. The molecule has 152 valence electrons. The fourth-order valence-corrected chi connectivity index (χ4v) is 3.96. The molecule has 1 saturated heterocycles. The van der Waals surface area contributed by atoms with E-state index >= 15 is 0 Å². The van der Waals surface area contributed by atoms with Crippen LogP contribution in [0.15, 0.2) is 46.3 Å². The molecule has 1 fully saturated rings. The number of benzene rings is 1. The first kappa shape index (κ1) is 19.6. The maximum atomic E-state index is 12.2. The summed E-state index contributed by atoms with van der Waals surface area (Å²) in [6, 6.07) is 12.0. The molecule has 0 bridgehead atoms. The number of nitrogens with zero attached hydrogens (tertiary/aromatic N) is 4. The number of anilines is 2. The van der Waals surface area contributed by atoms with Gasteiger partial charge in [0, 0.05) is 50.4 Å². The lowest BCUT2D eigenvalue weighted by Gasteiger charge is -2.34. The number of thiophene rings is 1. The Labute approximate surface area is 174 Å². The molecule has 29 heavy (non-hydrogen) atoms. The minimum absolute atomic E-state index is 0.00431. The van der Waals surface area contributed by atoms with Crippen LogP contribution in [0.25, 0.3) is 10.7 Å². The molecule has 3 aromatic rings. The molecule has 1 aliphatic heterocycles. The van der Waals surface area contributed by atoms with Crippen LogP contribution in [0.4, 0.5) is 11.4 Å². The Morgan fingerprint density at radius 2 is 1.97 bits per heavy atom. The Kier molecular flexibility index (Phi) is 6.21. The first-order valence-corrected chi connectivity index (χ1v) is 10.8. The van der Waals surface area contributed by atoms with E-state index < -0.39 is 0 Å². The first-order chi connectivity index (χ1) is 14.2. The zero-order valence-corrected chi connectivity index (χ0v) is 17.3. The van der Waals surface area contributed by atoms with Crippen molar-refractivity contribution in [2.75, 3.05) is 43.4 Å². The molecular weight excluding hydrogens is 386 g/mol. The van der Waals surface area contributed by atoms with Gasteiger partial charge in [0.25, 0.3) is 0 Å². The molecule has 0 spiro atoms. The molecule has 1 amide bonds. The lowest BCUT2D eigenvalue weighted by molar-refractivity contribution is -0.116. The van der Waals surface area contributed by atoms with Crippen LogP contribution >= 0.6 is 11.3 Å². The summed E-state index contributed by atoms with van der Waals surface area (Å²) < 4.78 is 5.27. The highest BCUT2D eigenvalue weighted by atomic mass is 32.1. The summed E-state index contributed by atoms with van der Waals surface area (Å²) in [6.45, 7) is 4.22. The second-order valence-corrected chi connectivity index (χ2v) is 8.18. The minimum Gasteiger partial charge on any atom is -0.369 e. The smallest absolute Gasteiger partial charge is 0.226 e. The maximum absolute atomic E-state index is 12.2. The van der Waals surface area contributed by atoms with E-state index in [9.17, 15) is 4.79 Å². The highest BCUT2D eigenvalue weighted by Gasteiger charge is 2.14. The average Bonchev–Trinajstić information content (AvgIpc) is 3.41. The van der Waals surface area contributed by atoms with Crippen LogP contribution in [-0.4, -0.2) is 54.2 Å². The molecule has 7 nitrogen and oxygen atoms in total. The van der Waals surface area contributed by atoms with Gasteiger partial charge in [0.2, 0.25) is 17.6 Å². The topological polar surface area (TPSA) is 74.5 Å². The highest BCUT2D eigenvalue weighted by Crippen LogP contribution is 2.22. The van der Waals surface area contributed by atoms with Gasteiger partial charge in [0.1, 0.15) is 0 Å². The number of carbonyl (C=O) groups is 1. The van der Waals surface area contributed by atoms with Gasteiger partial charge < -0.3 is 19.6 Å². The highest BCUT2D eigenvalue weighted by molar-refractivity contribution is 7.13. The molecule has 0 unspecified atom stereocenters. The fourth-order valence-electron chi connectivity index (χ4n) is 3.31.